The predicted molar refractivity (Wildman–Crippen MR) is 169 cm³/mol. The number of nitrogens with zero attached hydrogens (tertiary/aromatic N) is 5. The van der Waals surface area contributed by atoms with Crippen LogP contribution in [0.2, 0.25) is 0 Å². The summed E-state index contributed by atoms with van der Waals surface area (Å²) in [4.78, 5) is 24.6. The highest BCUT2D eigenvalue weighted by Gasteiger charge is 2.18. The molecule has 4 aromatic carbocycles. The Bertz CT molecular complexity index is 1870. The van der Waals surface area contributed by atoms with Gasteiger partial charge in [-0.3, -0.25) is 0 Å². The van der Waals surface area contributed by atoms with Gasteiger partial charge in [0, 0.05) is 33.6 Å². The molecule has 0 atom stereocenters. The van der Waals surface area contributed by atoms with E-state index in [4.69, 9.17) is 24.9 Å². The van der Waals surface area contributed by atoms with Crippen molar-refractivity contribution in [3.05, 3.63) is 132 Å². The van der Waals surface area contributed by atoms with E-state index in [1.807, 2.05) is 80.6 Å². The largest absolute Gasteiger partial charge is 0.233 e. The van der Waals surface area contributed by atoms with Gasteiger partial charge in [0.1, 0.15) is 0 Å². The van der Waals surface area contributed by atoms with E-state index in [0.717, 1.165) is 52.0 Å². The van der Waals surface area contributed by atoms with Crippen LogP contribution in [0.5, 0.6) is 0 Å². The van der Waals surface area contributed by atoms with Crippen molar-refractivity contribution < 1.29 is 0 Å². The van der Waals surface area contributed by atoms with Crippen LogP contribution in [0.1, 0.15) is 28.9 Å². The molecule has 6 aromatic rings. The molecule has 5 heteroatoms. The first-order chi connectivity index (χ1) is 20.6. The molecule has 0 fully saturated rings. The van der Waals surface area contributed by atoms with Crippen LogP contribution >= 0.6 is 0 Å². The topological polar surface area (TPSA) is 64.5 Å². The summed E-state index contributed by atoms with van der Waals surface area (Å²) < 4.78 is 0. The van der Waals surface area contributed by atoms with Gasteiger partial charge >= 0.3 is 0 Å². The highest BCUT2D eigenvalue weighted by molar-refractivity contribution is 5.82. The van der Waals surface area contributed by atoms with Crippen LogP contribution in [-0.4, -0.2) is 24.9 Å². The van der Waals surface area contributed by atoms with E-state index in [0.29, 0.717) is 23.3 Å². The normalized spacial score (nSPS) is 12.2. The maximum absolute atomic E-state index is 5.02. The number of aromatic nitrogens is 5. The fourth-order valence-electron chi connectivity index (χ4n) is 5.58. The van der Waals surface area contributed by atoms with Crippen molar-refractivity contribution in [2.24, 2.45) is 0 Å². The van der Waals surface area contributed by atoms with Gasteiger partial charge in [-0.05, 0) is 73.2 Å². The first kappa shape index (κ1) is 25.7. The third-order valence-corrected chi connectivity index (χ3v) is 7.51. The molecule has 1 aliphatic carbocycles. The highest BCUT2D eigenvalue weighted by Crippen LogP contribution is 2.36. The number of allylic oxidation sites excluding steroid dienone is 1. The highest BCUT2D eigenvalue weighted by atomic mass is 15.0. The number of rotatable bonds is 5. The second-order valence-electron chi connectivity index (χ2n) is 10.6. The monoisotopic (exact) mass is 543 g/mol. The van der Waals surface area contributed by atoms with Gasteiger partial charge in [-0.1, -0.05) is 91.0 Å². The van der Waals surface area contributed by atoms with Gasteiger partial charge in [-0.2, -0.15) is 0 Å². The van der Waals surface area contributed by atoms with E-state index in [2.05, 4.69) is 48.6 Å². The molecule has 0 spiro atoms. The minimum Gasteiger partial charge on any atom is -0.233 e. The smallest absolute Gasteiger partial charge is 0.164 e. The molecule has 42 heavy (non-hydrogen) atoms. The average molecular weight is 544 g/mol. The Morgan fingerprint density at radius 2 is 1.00 bits per heavy atom. The van der Waals surface area contributed by atoms with E-state index in [-0.39, 0.29) is 0 Å². The van der Waals surface area contributed by atoms with Gasteiger partial charge < -0.3 is 0 Å². The zero-order valence-electron chi connectivity index (χ0n) is 23.6. The number of aryl methyl sites for hydroxylation is 2. The standard InChI is InChI=1S/C37H29N5/c1-24-20-25(2)39-36(38-24)30-21-29(33-19-11-17-26-12-9-10-18-32(26)33)22-31(23-30)37-41-34(27-13-5-3-6-14-27)40-35(42-37)28-15-7-4-8-16-28/h3-9,11-17,19-23H,10,18H2,1-2H3. The molecule has 0 saturated heterocycles. The summed E-state index contributed by atoms with van der Waals surface area (Å²) in [6.45, 7) is 4.01. The molecule has 5 nitrogen and oxygen atoms in total. The summed E-state index contributed by atoms with van der Waals surface area (Å²) in [5.41, 5.74) is 10.5. The van der Waals surface area contributed by atoms with Crippen LogP contribution in [0.25, 0.3) is 62.8 Å². The zero-order valence-corrected chi connectivity index (χ0v) is 23.6. The molecular formula is C37H29N5. The van der Waals surface area contributed by atoms with Crippen molar-refractivity contribution in [3.63, 3.8) is 0 Å². The van der Waals surface area contributed by atoms with Crippen LogP contribution in [0.15, 0.2) is 109 Å². The van der Waals surface area contributed by atoms with E-state index < -0.39 is 0 Å². The second-order valence-corrected chi connectivity index (χ2v) is 10.6. The minimum atomic E-state index is 0.611. The summed E-state index contributed by atoms with van der Waals surface area (Å²) in [6.07, 6.45) is 6.51. The van der Waals surface area contributed by atoms with E-state index in [9.17, 15) is 0 Å². The summed E-state index contributed by atoms with van der Waals surface area (Å²) in [7, 11) is 0. The van der Waals surface area contributed by atoms with Crippen molar-refractivity contribution >= 4 is 6.08 Å². The first-order valence-corrected chi connectivity index (χ1v) is 14.2. The first-order valence-electron chi connectivity index (χ1n) is 14.2. The Labute approximate surface area is 245 Å². The van der Waals surface area contributed by atoms with Crippen molar-refractivity contribution in [2.45, 2.75) is 26.7 Å². The molecule has 202 valence electrons. The fourth-order valence-corrected chi connectivity index (χ4v) is 5.58. The molecule has 7 rings (SSSR count). The zero-order chi connectivity index (χ0) is 28.5. The Hall–Kier alpha value is -5.29. The van der Waals surface area contributed by atoms with Crippen LogP contribution in [-0.2, 0) is 6.42 Å². The molecule has 0 N–H and O–H groups in total. The third-order valence-electron chi connectivity index (χ3n) is 7.51. The van der Waals surface area contributed by atoms with Crippen molar-refractivity contribution in [3.8, 4) is 56.7 Å². The maximum atomic E-state index is 5.02. The van der Waals surface area contributed by atoms with Crippen LogP contribution in [0, 0.1) is 13.8 Å². The summed E-state index contributed by atoms with van der Waals surface area (Å²) >= 11 is 0. The Morgan fingerprint density at radius 1 is 0.476 bits per heavy atom. The van der Waals surface area contributed by atoms with Crippen LogP contribution < -0.4 is 0 Å². The maximum Gasteiger partial charge on any atom is 0.164 e. The Morgan fingerprint density at radius 3 is 1.60 bits per heavy atom. The molecule has 2 aromatic heterocycles. The molecule has 0 bridgehead atoms. The van der Waals surface area contributed by atoms with Crippen molar-refractivity contribution in [1.82, 2.24) is 24.9 Å². The van der Waals surface area contributed by atoms with Gasteiger partial charge in [0.2, 0.25) is 0 Å². The van der Waals surface area contributed by atoms with E-state index in [1.165, 1.54) is 16.7 Å². The number of hydrogen-bond donors (Lipinski definition) is 0. The Kier molecular flexibility index (Phi) is 6.68. The average Bonchev–Trinajstić information content (AvgIpc) is 3.04. The second kappa shape index (κ2) is 10.9. The van der Waals surface area contributed by atoms with Crippen LogP contribution in [0.4, 0.5) is 0 Å². The lowest BCUT2D eigenvalue weighted by Crippen LogP contribution is -2.02. The van der Waals surface area contributed by atoms with Gasteiger partial charge in [0.15, 0.2) is 23.3 Å². The lowest BCUT2D eigenvalue weighted by Gasteiger charge is -2.17. The van der Waals surface area contributed by atoms with Gasteiger partial charge in [-0.25, -0.2) is 24.9 Å². The summed E-state index contributed by atoms with van der Waals surface area (Å²) in [5, 5.41) is 0. The number of benzene rings is 4. The predicted octanol–water partition coefficient (Wildman–Crippen LogP) is 8.57. The molecule has 0 unspecified atom stereocenters. The fraction of sp³-hybridized carbons (Fsp3) is 0.108. The molecule has 0 aliphatic heterocycles. The lowest BCUT2D eigenvalue weighted by atomic mass is 9.88. The van der Waals surface area contributed by atoms with E-state index >= 15 is 0 Å². The van der Waals surface area contributed by atoms with Crippen molar-refractivity contribution in [2.75, 3.05) is 0 Å². The SMILES string of the molecule is Cc1cc(C)nc(-c2cc(-c3nc(-c4ccccc4)nc(-c4ccccc4)n3)cc(-c3cccc4c3CCC=C4)c2)n1. The number of hydrogen-bond acceptors (Lipinski definition) is 5. The molecular weight excluding hydrogens is 514 g/mol. The molecule has 2 heterocycles. The molecule has 0 amide bonds. The quantitative estimate of drug-likeness (QED) is 0.218. The Balaban J connectivity index is 1.48. The molecule has 0 radical (unpaired) electrons. The van der Waals surface area contributed by atoms with Gasteiger partial charge in [0.25, 0.3) is 0 Å². The summed E-state index contributed by atoms with van der Waals surface area (Å²) in [6, 6.07) is 35.2. The van der Waals surface area contributed by atoms with E-state index in [1.54, 1.807) is 0 Å². The summed E-state index contributed by atoms with van der Waals surface area (Å²) in [5.74, 6) is 2.58. The third kappa shape index (κ3) is 5.13. The lowest BCUT2D eigenvalue weighted by molar-refractivity contribution is 0.988. The minimum absolute atomic E-state index is 0.611. The van der Waals surface area contributed by atoms with Crippen molar-refractivity contribution in [1.29, 1.82) is 0 Å². The van der Waals surface area contributed by atoms with Gasteiger partial charge in [-0.15, -0.1) is 0 Å². The number of fused-ring (bicyclic) bond motifs is 1. The molecule has 1 aliphatic rings. The molecule has 0 saturated carbocycles. The van der Waals surface area contributed by atoms with Gasteiger partial charge in [0.05, 0.1) is 0 Å². The van der Waals surface area contributed by atoms with Crippen LogP contribution in [0.3, 0.4) is 0 Å².